The summed E-state index contributed by atoms with van der Waals surface area (Å²) in [4.78, 5) is 26.6. The van der Waals surface area contributed by atoms with Gasteiger partial charge in [0.1, 0.15) is 11.9 Å². The third-order valence-corrected chi connectivity index (χ3v) is 4.18. The number of nitrogens with zero attached hydrogens (tertiary/aromatic N) is 1. The first-order valence-corrected chi connectivity index (χ1v) is 7.88. The Morgan fingerprint density at radius 2 is 2.00 bits per heavy atom. The maximum absolute atomic E-state index is 12.9. The first-order valence-electron chi connectivity index (χ1n) is 7.88. The average molecular weight is 322 g/mol. The van der Waals surface area contributed by atoms with E-state index in [1.807, 2.05) is 13.8 Å². The number of hydrogen-bond donors (Lipinski definition) is 2. The van der Waals surface area contributed by atoms with Gasteiger partial charge in [0.25, 0.3) is 5.91 Å². The minimum Gasteiger partial charge on any atom is -0.396 e. The van der Waals surface area contributed by atoms with Gasteiger partial charge in [-0.15, -0.1) is 0 Å². The Bertz CT molecular complexity index is 559. The highest BCUT2D eigenvalue weighted by atomic mass is 19.1. The van der Waals surface area contributed by atoms with Gasteiger partial charge in [0.2, 0.25) is 5.91 Å². The topological polar surface area (TPSA) is 69.6 Å². The number of aliphatic hydroxyl groups excluding tert-OH is 1. The number of hydrogen-bond acceptors (Lipinski definition) is 3. The van der Waals surface area contributed by atoms with Gasteiger partial charge in [-0.1, -0.05) is 13.8 Å². The van der Waals surface area contributed by atoms with E-state index in [-0.39, 0.29) is 24.3 Å². The highest BCUT2D eigenvalue weighted by molar-refractivity contribution is 5.97. The molecule has 2 unspecified atom stereocenters. The molecule has 2 N–H and O–H groups in total. The van der Waals surface area contributed by atoms with Crippen molar-refractivity contribution >= 4 is 11.8 Å². The second-order valence-corrected chi connectivity index (χ2v) is 6.32. The molecule has 6 heteroatoms. The van der Waals surface area contributed by atoms with Crippen LogP contribution in [0.2, 0.25) is 0 Å². The van der Waals surface area contributed by atoms with Crippen LogP contribution < -0.4 is 5.32 Å². The van der Waals surface area contributed by atoms with E-state index in [9.17, 15) is 19.1 Å². The molecule has 1 saturated heterocycles. The van der Waals surface area contributed by atoms with E-state index in [4.69, 9.17) is 0 Å². The predicted molar refractivity (Wildman–Crippen MR) is 84.3 cm³/mol. The van der Waals surface area contributed by atoms with Crippen LogP contribution in [-0.4, -0.2) is 47.6 Å². The zero-order valence-electron chi connectivity index (χ0n) is 13.5. The normalized spacial score (nSPS) is 19.0. The number of benzene rings is 1. The van der Waals surface area contributed by atoms with Gasteiger partial charge in [0, 0.05) is 31.2 Å². The van der Waals surface area contributed by atoms with Gasteiger partial charge in [-0.3, -0.25) is 9.59 Å². The van der Waals surface area contributed by atoms with Gasteiger partial charge in [0.15, 0.2) is 0 Å². The van der Waals surface area contributed by atoms with Crippen molar-refractivity contribution in [2.45, 2.75) is 26.3 Å². The molecule has 0 radical (unpaired) electrons. The molecule has 1 aromatic carbocycles. The molecule has 5 nitrogen and oxygen atoms in total. The quantitative estimate of drug-likeness (QED) is 0.861. The van der Waals surface area contributed by atoms with Crippen molar-refractivity contribution in [2.75, 3.05) is 19.7 Å². The molecule has 1 aliphatic rings. The molecule has 1 fully saturated rings. The molecule has 23 heavy (non-hydrogen) atoms. The zero-order valence-corrected chi connectivity index (χ0v) is 13.5. The van der Waals surface area contributed by atoms with Crippen LogP contribution in [0.25, 0.3) is 0 Å². The third kappa shape index (κ3) is 4.28. The van der Waals surface area contributed by atoms with Crippen LogP contribution in [0.5, 0.6) is 0 Å². The maximum Gasteiger partial charge on any atom is 0.251 e. The summed E-state index contributed by atoms with van der Waals surface area (Å²) in [5, 5.41) is 11.9. The number of carbonyl (C=O) groups excluding carboxylic acids is 2. The van der Waals surface area contributed by atoms with Gasteiger partial charge < -0.3 is 15.3 Å². The van der Waals surface area contributed by atoms with Crippen molar-refractivity contribution < 1.29 is 19.1 Å². The van der Waals surface area contributed by atoms with Crippen LogP contribution in [0.15, 0.2) is 24.3 Å². The van der Waals surface area contributed by atoms with Crippen LogP contribution in [-0.2, 0) is 4.79 Å². The summed E-state index contributed by atoms with van der Waals surface area (Å²) in [5.41, 5.74) is 0.319. The van der Waals surface area contributed by atoms with Crippen molar-refractivity contribution in [1.82, 2.24) is 10.2 Å². The molecular formula is C17H23FN2O3. The van der Waals surface area contributed by atoms with Gasteiger partial charge in [0.05, 0.1) is 0 Å². The lowest BCUT2D eigenvalue weighted by Gasteiger charge is -2.27. The first-order chi connectivity index (χ1) is 10.9. The van der Waals surface area contributed by atoms with Crippen molar-refractivity contribution in [3.63, 3.8) is 0 Å². The molecule has 126 valence electrons. The lowest BCUT2D eigenvalue weighted by Crippen LogP contribution is -2.50. The third-order valence-electron chi connectivity index (χ3n) is 4.18. The summed E-state index contributed by atoms with van der Waals surface area (Å²) in [7, 11) is 0. The van der Waals surface area contributed by atoms with Crippen molar-refractivity contribution in [3.05, 3.63) is 35.6 Å². The maximum atomic E-state index is 12.9. The fourth-order valence-corrected chi connectivity index (χ4v) is 2.72. The molecule has 0 bridgehead atoms. The molecule has 1 aliphatic heterocycles. The Morgan fingerprint density at radius 3 is 2.52 bits per heavy atom. The summed E-state index contributed by atoms with van der Waals surface area (Å²) in [5.74, 6) is -0.897. The number of amides is 2. The molecule has 2 atom stereocenters. The fourth-order valence-electron chi connectivity index (χ4n) is 2.72. The average Bonchev–Trinajstić information content (AvgIpc) is 3.01. The van der Waals surface area contributed by atoms with E-state index in [0.29, 0.717) is 18.7 Å². The molecule has 2 rings (SSSR count). The van der Waals surface area contributed by atoms with E-state index in [0.717, 1.165) is 6.42 Å². The summed E-state index contributed by atoms with van der Waals surface area (Å²) < 4.78 is 12.9. The second-order valence-electron chi connectivity index (χ2n) is 6.32. The summed E-state index contributed by atoms with van der Waals surface area (Å²) in [6.07, 6.45) is 0.777. The monoisotopic (exact) mass is 322 g/mol. The Hall–Kier alpha value is -1.95. The highest BCUT2D eigenvalue weighted by Crippen LogP contribution is 2.18. The van der Waals surface area contributed by atoms with Crippen molar-refractivity contribution in [2.24, 2.45) is 11.8 Å². The number of carbonyl (C=O) groups is 2. The van der Waals surface area contributed by atoms with Gasteiger partial charge in [-0.25, -0.2) is 4.39 Å². The second kappa shape index (κ2) is 7.55. The first kappa shape index (κ1) is 17.4. The fraction of sp³-hybridized carbons (Fsp3) is 0.529. The summed E-state index contributed by atoms with van der Waals surface area (Å²) in [6.45, 7) is 4.92. The largest absolute Gasteiger partial charge is 0.396 e. The van der Waals surface area contributed by atoms with E-state index in [1.165, 1.54) is 24.3 Å². The molecule has 0 aliphatic carbocycles. The summed E-state index contributed by atoms with van der Waals surface area (Å²) >= 11 is 0. The Balaban J connectivity index is 2.05. The standard InChI is InChI=1S/C17H23FN2O3/c1-11(2)15(17(23)20-8-7-12(9-20)10-21)19-16(22)13-3-5-14(18)6-4-13/h3-6,11-12,15,21H,7-10H2,1-2H3,(H,19,22). The summed E-state index contributed by atoms with van der Waals surface area (Å²) in [6, 6.07) is 4.58. The van der Waals surface area contributed by atoms with E-state index in [2.05, 4.69) is 5.32 Å². The molecule has 2 amide bonds. The Labute approximate surface area is 135 Å². The molecule has 0 saturated carbocycles. The zero-order chi connectivity index (χ0) is 17.0. The van der Waals surface area contributed by atoms with Gasteiger partial charge >= 0.3 is 0 Å². The van der Waals surface area contributed by atoms with Gasteiger partial charge in [-0.05, 0) is 36.6 Å². The van der Waals surface area contributed by atoms with Gasteiger partial charge in [-0.2, -0.15) is 0 Å². The van der Waals surface area contributed by atoms with Crippen LogP contribution in [0.3, 0.4) is 0 Å². The van der Waals surface area contributed by atoms with Crippen LogP contribution in [0.4, 0.5) is 4.39 Å². The molecule has 0 spiro atoms. The van der Waals surface area contributed by atoms with E-state index < -0.39 is 17.8 Å². The lowest BCUT2D eigenvalue weighted by molar-refractivity contribution is -0.133. The van der Waals surface area contributed by atoms with Crippen LogP contribution in [0, 0.1) is 17.7 Å². The minimum atomic E-state index is -0.634. The van der Waals surface area contributed by atoms with Crippen LogP contribution >= 0.6 is 0 Å². The predicted octanol–water partition coefficient (Wildman–Crippen LogP) is 1.42. The van der Waals surface area contributed by atoms with Crippen molar-refractivity contribution in [3.8, 4) is 0 Å². The number of rotatable bonds is 5. The van der Waals surface area contributed by atoms with Crippen molar-refractivity contribution in [1.29, 1.82) is 0 Å². The molecule has 1 aromatic rings. The SMILES string of the molecule is CC(C)C(NC(=O)c1ccc(F)cc1)C(=O)N1CCC(CO)C1. The highest BCUT2D eigenvalue weighted by Gasteiger charge is 2.33. The number of aliphatic hydroxyl groups is 1. The molecule has 0 aromatic heterocycles. The van der Waals surface area contributed by atoms with E-state index >= 15 is 0 Å². The smallest absolute Gasteiger partial charge is 0.251 e. The Kier molecular flexibility index (Phi) is 5.71. The van der Waals surface area contributed by atoms with E-state index in [1.54, 1.807) is 4.90 Å². The van der Waals surface area contributed by atoms with Crippen LogP contribution in [0.1, 0.15) is 30.6 Å². The Morgan fingerprint density at radius 1 is 1.35 bits per heavy atom. The number of nitrogens with one attached hydrogen (secondary N) is 1. The molecular weight excluding hydrogens is 299 g/mol. The minimum absolute atomic E-state index is 0.0675. The number of likely N-dealkylation sites (tertiary alicyclic amines) is 1. The lowest BCUT2D eigenvalue weighted by atomic mass is 10.0. The molecule has 1 heterocycles. The number of halogens is 1.